The van der Waals surface area contributed by atoms with Gasteiger partial charge in [-0.05, 0) is 18.6 Å². The third kappa shape index (κ3) is 3.82. The highest BCUT2D eigenvalue weighted by atomic mass is 32.2. The molecule has 1 fully saturated rings. The molecule has 0 aliphatic carbocycles. The van der Waals surface area contributed by atoms with Crippen molar-refractivity contribution in [3.8, 4) is 0 Å². The number of sulfone groups is 1. The smallest absolute Gasteiger partial charge is 0.309 e. The Hall–Kier alpha value is -1.83. The second kappa shape index (κ2) is 5.43. The number of furan rings is 1. The van der Waals surface area contributed by atoms with Crippen LogP contribution in [-0.2, 0) is 26.0 Å². The maximum Gasteiger partial charge on any atom is 0.309 e. The summed E-state index contributed by atoms with van der Waals surface area (Å²) in [6.45, 7) is 0.113. The van der Waals surface area contributed by atoms with Crippen LogP contribution < -0.4 is 10.6 Å². The van der Waals surface area contributed by atoms with Gasteiger partial charge in [-0.2, -0.15) is 0 Å². The molecule has 1 aromatic heterocycles. The fraction of sp³-hybridized carbons (Fsp3) is 0.455. The molecule has 0 bridgehead atoms. The molecule has 2 N–H and O–H groups in total. The lowest BCUT2D eigenvalue weighted by atomic mass is 10.2. The highest BCUT2D eigenvalue weighted by molar-refractivity contribution is 7.91. The van der Waals surface area contributed by atoms with Crippen molar-refractivity contribution in [1.29, 1.82) is 0 Å². The summed E-state index contributed by atoms with van der Waals surface area (Å²) in [5.74, 6) is -1.16. The van der Waals surface area contributed by atoms with Crippen LogP contribution in [0, 0.1) is 0 Å². The van der Waals surface area contributed by atoms with E-state index in [-0.39, 0.29) is 18.1 Å². The van der Waals surface area contributed by atoms with Crippen LogP contribution in [0.25, 0.3) is 0 Å². The van der Waals surface area contributed by atoms with Crippen molar-refractivity contribution >= 4 is 21.7 Å². The van der Waals surface area contributed by atoms with E-state index < -0.39 is 27.7 Å². The monoisotopic (exact) mass is 286 g/mol. The summed E-state index contributed by atoms with van der Waals surface area (Å²) in [4.78, 5) is 23.0. The molecule has 0 saturated carbocycles. The Morgan fingerprint density at radius 3 is 2.74 bits per heavy atom. The van der Waals surface area contributed by atoms with Crippen LogP contribution in [0.15, 0.2) is 22.8 Å². The molecule has 1 atom stereocenters. The Bertz CT molecular complexity index is 564. The SMILES string of the molecule is O=C(NCc1ccco1)C(=O)NC1CCS(=O)(=O)C1. The van der Waals surface area contributed by atoms with Crippen molar-refractivity contribution in [2.45, 2.75) is 19.0 Å². The molecule has 2 heterocycles. The first-order chi connectivity index (χ1) is 8.96. The molecule has 1 aliphatic heterocycles. The summed E-state index contributed by atoms with van der Waals surface area (Å²) in [7, 11) is -3.08. The van der Waals surface area contributed by atoms with E-state index in [4.69, 9.17) is 4.42 Å². The quantitative estimate of drug-likeness (QED) is 0.708. The standard InChI is InChI=1S/C11H14N2O5S/c14-10(12-6-9-2-1-4-18-9)11(15)13-8-3-5-19(16,17)7-8/h1-2,4,8H,3,5-7H2,(H,12,14)(H,13,15). The molecule has 0 radical (unpaired) electrons. The van der Waals surface area contributed by atoms with Gasteiger partial charge < -0.3 is 15.1 Å². The first kappa shape index (κ1) is 13.6. The van der Waals surface area contributed by atoms with Gasteiger partial charge in [0, 0.05) is 6.04 Å². The van der Waals surface area contributed by atoms with Crippen molar-refractivity contribution in [2.75, 3.05) is 11.5 Å². The summed E-state index contributed by atoms with van der Waals surface area (Å²) >= 11 is 0. The molecular weight excluding hydrogens is 272 g/mol. The number of nitrogens with one attached hydrogen (secondary N) is 2. The van der Waals surface area contributed by atoms with Crippen LogP contribution in [0.3, 0.4) is 0 Å². The molecular formula is C11H14N2O5S. The fourth-order valence-corrected chi connectivity index (χ4v) is 3.49. The van der Waals surface area contributed by atoms with Crippen molar-refractivity contribution in [3.63, 3.8) is 0 Å². The highest BCUT2D eigenvalue weighted by Crippen LogP contribution is 2.10. The lowest BCUT2D eigenvalue weighted by Gasteiger charge is -2.10. The van der Waals surface area contributed by atoms with Gasteiger partial charge in [-0.1, -0.05) is 0 Å². The van der Waals surface area contributed by atoms with Gasteiger partial charge in [0.2, 0.25) is 0 Å². The Labute approximate surface area is 110 Å². The predicted octanol–water partition coefficient (Wildman–Crippen LogP) is -0.801. The minimum absolute atomic E-state index is 0.0476. The summed E-state index contributed by atoms with van der Waals surface area (Å²) in [6.07, 6.45) is 1.81. The van der Waals surface area contributed by atoms with Crippen molar-refractivity contribution in [2.24, 2.45) is 0 Å². The molecule has 2 rings (SSSR count). The Morgan fingerprint density at radius 2 is 2.16 bits per heavy atom. The van der Waals surface area contributed by atoms with Gasteiger partial charge in [-0.25, -0.2) is 8.42 Å². The van der Waals surface area contributed by atoms with E-state index in [1.54, 1.807) is 12.1 Å². The van der Waals surface area contributed by atoms with E-state index in [9.17, 15) is 18.0 Å². The number of rotatable bonds is 3. The van der Waals surface area contributed by atoms with Gasteiger partial charge in [-0.3, -0.25) is 9.59 Å². The van der Waals surface area contributed by atoms with E-state index >= 15 is 0 Å². The average Bonchev–Trinajstić information content (AvgIpc) is 2.95. The third-order valence-electron chi connectivity index (χ3n) is 2.78. The third-order valence-corrected chi connectivity index (χ3v) is 4.55. The lowest BCUT2D eigenvalue weighted by Crippen LogP contribution is -2.44. The van der Waals surface area contributed by atoms with Crippen LogP contribution in [0.1, 0.15) is 12.2 Å². The molecule has 0 aromatic carbocycles. The Morgan fingerprint density at radius 1 is 1.37 bits per heavy atom. The number of carbonyl (C=O) groups is 2. The van der Waals surface area contributed by atoms with E-state index in [1.165, 1.54) is 6.26 Å². The van der Waals surface area contributed by atoms with E-state index in [1.807, 2.05) is 0 Å². The molecule has 1 aliphatic rings. The van der Waals surface area contributed by atoms with Gasteiger partial charge in [0.25, 0.3) is 0 Å². The number of carbonyl (C=O) groups excluding carboxylic acids is 2. The largest absolute Gasteiger partial charge is 0.467 e. The van der Waals surface area contributed by atoms with Crippen LogP contribution in [-0.4, -0.2) is 37.8 Å². The Balaban J connectivity index is 1.78. The van der Waals surface area contributed by atoms with Gasteiger partial charge in [-0.15, -0.1) is 0 Å². The van der Waals surface area contributed by atoms with Crippen LogP contribution >= 0.6 is 0 Å². The maximum absolute atomic E-state index is 11.5. The average molecular weight is 286 g/mol. The normalized spacial score (nSPS) is 20.9. The summed E-state index contributed by atoms with van der Waals surface area (Å²) in [5, 5.41) is 4.79. The first-order valence-electron chi connectivity index (χ1n) is 5.78. The van der Waals surface area contributed by atoms with Crippen molar-refractivity contribution < 1.29 is 22.4 Å². The Kier molecular flexibility index (Phi) is 3.89. The molecule has 1 unspecified atom stereocenters. The minimum Gasteiger partial charge on any atom is -0.467 e. The molecule has 1 aromatic rings. The van der Waals surface area contributed by atoms with Crippen LogP contribution in [0.4, 0.5) is 0 Å². The molecule has 104 valence electrons. The van der Waals surface area contributed by atoms with Crippen LogP contribution in [0.2, 0.25) is 0 Å². The minimum atomic E-state index is -3.08. The molecule has 1 saturated heterocycles. The lowest BCUT2D eigenvalue weighted by molar-refractivity contribution is -0.139. The predicted molar refractivity (Wildman–Crippen MR) is 65.8 cm³/mol. The second-order valence-corrected chi connectivity index (χ2v) is 6.56. The number of hydrogen-bond donors (Lipinski definition) is 2. The van der Waals surface area contributed by atoms with Crippen LogP contribution in [0.5, 0.6) is 0 Å². The van der Waals surface area contributed by atoms with E-state index in [0.29, 0.717) is 12.2 Å². The van der Waals surface area contributed by atoms with Crippen molar-refractivity contribution in [1.82, 2.24) is 10.6 Å². The number of hydrogen-bond acceptors (Lipinski definition) is 5. The van der Waals surface area contributed by atoms with E-state index in [0.717, 1.165) is 0 Å². The molecule has 8 heteroatoms. The molecule has 19 heavy (non-hydrogen) atoms. The molecule has 2 amide bonds. The zero-order valence-electron chi connectivity index (χ0n) is 10.1. The van der Waals surface area contributed by atoms with Crippen molar-refractivity contribution in [3.05, 3.63) is 24.2 Å². The maximum atomic E-state index is 11.5. The van der Waals surface area contributed by atoms with Gasteiger partial charge >= 0.3 is 11.8 Å². The summed E-state index contributed by atoms with van der Waals surface area (Å²) < 4.78 is 27.4. The summed E-state index contributed by atoms with van der Waals surface area (Å²) in [5.41, 5.74) is 0. The van der Waals surface area contributed by atoms with E-state index in [2.05, 4.69) is 10.6 Å². The topological polar surface area (TPSA) is 105 Å². The zero-order chi connectivity index (χ0) is 13.9. The number of amides is 2. The summed E-state index contributed by atoms with van der Waals surface area (Å²) in [6, 6.07) is 2.86. The van der Waals surface area contributed by atoms with Gasteiger partial charge in [0.15, 0.2) is 9.84 Å². The van der Waals surface area contributed by atoms with Gasteiger partial charge in [0.1, 0.15) is 5.76 Å². The van der Waals surface area contributed by atoms with Gasteiger partial charge in [0.05, 0.1) is 24.3 Å². The zero-order valence-corrected chi connectivity index (χ0v) is 10.9. The molecule has 7 nitrogen and oxygen atoms in total. The second-order valence-electron chi connectivity index (χ2n) is 4.34. The first-order valence-corrected chi connectivity index (χ1v) is 7.60. The fourth-order valence-electron chi connectivity index (χ4n) is 1.82. The molecule has 0 spiro atoms. The highest BCUT2D eigenvalue weighted by Gasteiger charge is 2.30.